The topological polar surface area (TPSA) is 319 Å². The molecule has 7 amide bonds. The van der Waals surface area contributed by atoms with E-state index >= 15 is 0 Å². The molecule has 6 atom stereocenters. The highest BCUT2D eigenvalue weighted by Gasteiger charge is 2.36. The molecule has 0 bridgehead atoms. The van der Waals surface area contributed by atoms with Gasteiger partial charge >= 0.3 is 47.7 Å². The number of aryl methyl sites for hydroxylation is 3. The van der Waals surface area contributed by atoms with Crippen molar-refractivity contribution in [2.45, 2.75) is 151 Å². The first kappa shape index (κ1) is 73.1. The van der Waals surface area contributed by atoms with Crippen LogP contribution in [0.15, 0.2) is 110 Å². The number of halogens is 4. The van der Waals surface area contributed by atoms with Gasteiger partial charge in [0.05, 0.1) is 51.8 Å². The van der Waals surface area contributed by atoms with Gasteiger partial charge in [-0.1, -0.05) is 57.2 Å². The zero-order valence-electron chi connectivity index (χ0n) is 59.4. The van der Waals surface area contributed by atoms with Gasteiger partial charge in [0.25, 0.3) is 0 Å². The highest BCUT2D eigenvalue weighted by molar-refractivity contribution is 6.40. The van der Waals surface area contributed by atoms with Gasteiger partial charge in [0.15, 0.2) is 0 Å². The summed E-state index contributed by atoms with van der Waals surface area (Å²) in [4.78, 5) is 111. The van der Waals surface area contributed by atoms with E-state index in [4.69, 9.17) is 24.4 Å². The lowest BCUT2D eigenvalue weighted by molar-refractivity contribution is -0.147. The van der Waals surface area contributed by atoms with Gasteiger partial charge in [0, 0.05) is 19.1 Å². The lowest BCUT2D eigenvalue weighted by Crippen LogP contribution is -2.46. The molecule has 23 nitrogen and oxygen atoms in total. The summed E-state index contributed by atoms with van der Waals surface area (Å²) in [7, 11) is 0. The molecule has 9 N–H and O–H groups in total. The van der Waals surface area contributed by atoms with Crippen molar-refractivity contribution >= 4 is 94.6 Å². The minimum absolute atomic E-state index is 0. The van der Waals surface area contributed by atoms with Crippen LogP contribution >= 0.6 is 12.4 Å². The number of carboxylic acids is 1. The van der Waals surface area contributed by atoms with E-state index in [1.54, 1.807) is 86.6 Å². The van der Waals surface area contributed by atoms with Crippen LogP contribution in [0.4, 0.5) is 57.3 Å². The van der Waals surface area contributed by atoms with Gasteiger partial charge in [-0.15, -0.1) is 12.4 Å². The van der Waals surface area contributed by atoms with E-state index in [0.717, 1.165) is 31.4 Å². The molecule has 0 aliphatic carbocycles. The van der Waals surface area contributed by atoms with Crippen LogP contribution in [0.3, 0.4) is 0 Å². The van der Waals surface area contributed by atoms with Crippen LogP contribution in [0, 0.1) is 56.0 Å². The Morgan fingerprint density at radius 3 is 1.22 bits per heavy atom. The Bertz CT molecular complexity index is 3900. The lowest BCUT2D eigenvalue weighted by atomic mass is 9.90. The molecule has 3 saturated heterocycles. The van der Waals surface area contributed by atoms with Crippen molar-refractivity contribution in [3.05, 3.63) is 160 Å². The average molecular weight is 1370 g/mol. The number of ether oxygens (including phenoxy) is 2. The number of pyridine rings is 3. The van der Waals surface area contributed by atoms with Crippen LogP contribution in [0.5, 0.6) is 0 Å². The van der Waals surface area contributed by atoms with Crippen LogP contribution in [-0.4, -0.2) is 108 Å². The van der Waals surface area contributed by atoms with E-state index in [1.165, 1.54) is 95.1 Å². The molecule has 6 heterocycles. The zero-order valence-corrected chi connectivity index (χ0v) is 57.2. The number of amides is 7. The summed E-state index contributed by atoms with van der Waals surface area (Å²) < 4.78 is 76.0. The molecule has 3 fully saturated rings. The SMILES string of the molecule is Cc1cc(NC(=O)C(=O)O)cnc1NC(=O)OC(C)(C)C.Cl.[2H]C1(c2ccc(F)cc2)CCC(C)CN1.[2H]C1(c2ccc(F)cc2)CCC(C)CN1C(=O)C(=O)Nc1cnc(N)c(C)c1.[2H]C1(c2ccc(F)cc2)CCC(C)CN1C(=O)C(=O)Nc1cnc(NC(=O)OC(C)(C)C)c(C)c1. The molecule has 3 aliphatic heterocycles. The van der Waals surface area contributed by atoms with E-state index < -0.39 is 88.6 Å². The van der Waals surface area contributed by atoms with Gasteiger partial charge in [0.1, 0.15) is 46.1 Å². The summed E-state index contributed by atoms with van der Waals surface area (Å²) in [6, 6.07) is 18.2. The maximum Gasteiger partial charge on any atom is 0.413 e. The number of anilines is 6. The van der Waals surface area contributed by atoms with Crippen molar-refractivity contribution in [3.8, 4) is 0 Å². The van der Waals surface area contributed by atoms with Crippen molar-refractivity contribution in [1.29, 1.82) is 0 Å². The monoisotopic (exact) mass is 1370 g/mol. The summed E-state index contributed by atoms with van der Waals surface area (Å²) in [6.07, 6.45) is 6.57. The largest absolute Gasteiger partial charge is 0.474 e. The molecule has 6 unspecified atom stereocenters. The fourth-order valence-corrected chi connectivity index (χ4v) is 9.94. The minimum atomic E-state index is -1.59. The molecule has 0 spiro atoms. The standard InChI is InChI=1S/C25H31FN4O4.C20H23FN4O2.C13H17N3O5.C12H16FN.ClH/c1-15-6-11-20(17-7-9-18(26)10-8-17)30(14-15)23(32)22(31)28-19-12-16(2)21(27-13-19)29-24(33)34-25(3,4)5;1-12-3-8-17(14-4-6-15(21)7-5-14)25(11-12)20(27)19(26)24-16-9-13(2)18(22)23-10-16;1-7-5-8(15-10(17)11(18)19)6-14-9(7)16-12(20)21-13(2,3)4;1-9-2-7-12(14-8-9)10-3-5-11(13)6-4-10;/h7-10,12-13,15,20H,6,11,14H2,1-5H3,(H,28,31)(H,27,29,33);4-7,9-10,12,17H,3,8,11H2,1-2H3,(H2,22,23)(H,24,26);5-6H,1-4H3,(H,15,17)(H,18,19)(H,14,16,20);3-6,9,12,14H,2,7-8H2,1H3;1H/i20D;17D;;12D;. The van der Waals surface area contributed by atoms with Crippen LogP contribution in [0.1, 0.15) is 156 Å². The fraction of sp³-hybridized carbons (Fsp3) is 0.414. The highest BCUT2D eigenvalue weighted by atomic mass is 35.5. The first-order chi connectivity index (χ1) is 46.2. The Labute approximate surface area is 573 Å². The number of carbonyl (C=O) groups excluding carboxylic acids is 7. The van der Waals surface area contributed by atoms with Gasteiger partial charge in [-0.3, -0.25) is 34.6 Å². The number of benzene rings is 3. The molecule has 3 aromatic heterocycles. The number of piperidine rings is 3. The van der Waals surface area contributed by atoms with Gasteiger partial charge in [0.2, 0.25) is 0 Å². The minimum Gasteiger partial charge on any atom is -0.474 e. The van der Waals surface area contributed by atoms with Crippen LogP contribution in [0.25, 0.3) is 0 Å². The molecule has 27 heteroatoms. The molecule has 0 saturated carbocycles. The highest BCUT2D eigenvalue weighted by Crippen LogP contribution is 2.36. The molecule has 3 aromatic carbocycles. The number of aliphatic carboxylic acids is 1. The Morgan fingerprint density at radius 1 is 0.526 bits per heavy atom. The summed E-state index contributed by atoms with van der Waals surface area (Å²) in [5, 5.41) is 23.9. The molecule has 6 aromatic rings. The third-order valence-electron chi connectivity index (χ3n) is 14.8. The lowest BCUT2D eigenvalue weighted by Gasteiger charge is -2.38. The molecule has 97 heavy (non-hydrogen) atoms. The number of rotatable bonds is 8. The van der Waals surface area contributed by atoms with Crippen molar-refractivity contribution in [1.82, 2.24) is 30.1 Å². The van der Waals surface area contributed by atoms with Gasteiger partial charge in [-0.2, -0.15) is 0 Å². The van der Waals surface area contributed by atoms with E-state index in [1.807, 2.05) is 13.8 Å². The second kappa shape index (κ2) is 35.3. The van der Waals surface area contributed by atoms with Crippen LogP contribution < -0.4 is 37.6 Å². The predicted molar refractivity (Wildman–Crippen MR) is 366 cm³/mol. The summed E-state index contributed by atoms with van der Waals surface area (Å²) in [5.41, 5.74) is 8.76. The predicted octanol–water partition coefficient (Wildman–Crippen LogP) is 12.9. The molecule has 3 aliphatic rings. The first-order valence-electron chi connectivity index (χ1n) is 32.7. The summed E-state index contributed by atoms with van der Waals surface area (Å²) >= 11 is 0. The number of hydrogen-bond acceptors (Lipinski definition) is 15. The maximum atomic E-state index is 13.4. The van der Waals surface area contributed by atoms with E-state index in [-0.39, 0.29) is 66.2 Å². The number of nitrogens with two attached hydrogens (primary N) is 1. The van der Waals surface area contributed by atoms with Crippen molar-refractivity contribution < 1.29 is 70.2 Å². The summed E-state index contributed by atoms with van der Waals surface area (Å²) in [5.74, 6) is -5.53. The smallest absolute Gasteiger partial charge is 0.413 e. The number of nitrogen functional groups attached to an aromatic ring is 1. The maximum absolute atomic E-state index is 13.4. The van der Waals surface area contributed by atoms with Crippen LogP contribution in [0.2, 0.25) is 0 Å². The van der Waals surface area contributed by atoms with Crippen molar-refractivity contribution in [2.75, 3.05) is 52.0 Å². The molecular weight excluding hydrogens is 1280 g/mol. The number of likely N-dealkylation sites (tertiary alicyclic amines) is 2. The molecule has 0 radical (unpaired) electrons. The average Bonchev–Trinajstić information content (AvgIpc) is 0.774. The first-order valence-corrected chi connectivity index (χ1v) is 31.2. The van der Waals surface area contributed by atoms with Gasteiger partial charge < -0.3 is 51.4 Å². The Morgan fingerprint density at radius 2 is 0.876 bits per heavy atom. The number of hydrogen-bond donors (Lipinski definition) is 8. The van der Waals surface area contributed by atoms with E-state index in [2.05, 4.69) is 53.8 Å². The molecular formula is C70H88ClF3N12O11. The Balaban J connectivity index is 0.000000250. The second-order valence-electron chi connectivity index (χ2n) is 25.7. The normalized spacial score (nSPS) is 20.9. The number of nitrogens with one attached hydrogen (secondary N) is 6. The molecule has 522 valence electrons. The Kier molecular flexibility index (Phi) is 26.6. The zero-order chi connectivity index (χ0) is 73.5. The quantitative estimate of drug-likeness (QED) is 0.0657. The van der Waals surface area contributed by atoms with Crippen molar-refractivity contribution in [2.24, 2.45) is 17.8 Å². The third kappa shape index (κ3) is 24.8. The van der Waals surface area contributed by atoms with Gasteiger partial charge in [-0.25, -0.2) is 42.5 Å². The summed E-state index contributed by atoms with van der Waals surface area (Å²) in [6.45, 7) is 23.0. The number of aromatic nitrogens is 3. The Hall–Kier alpha value is -9.69. The number of carbonyl (C=O) groups is 8. The van der Waals surface area contributed by atoms with E-state index in [9.17, 15) is 51.5 Å². The molecule has 9 rings (SSSR count). The second-order valence-corrected chi connectivity index (χ2v) is 25.7. The number of carboxylic acid groups (broad SMARTS) is 1. The van der Waals surface area contributed by atoms with Crippen molar-refractivity contribution in [3.63, 3.8) is 0 Å². The van der Waals surface area contributed by atoms with Gasteiger partial charge in [-0.05, 0) is 213 Å². The van der Waals surface area contributed by atoms with Crippen LogP contribution in [-0.2, 0) is 38.2 Å². The fourth-order valence-electron chi connectivity index (χ4n) is 9.94. The van der Waals surface area contributed by atoms with E-state index in [0.29, 0.717) is 64.5 Å². The number of nitrogens with zero attached hydrogens (tertiary/aromatic N) is 5. The third-order valence-corrected chi connectivity index (χ3v) is 14.8.